The molecule has 0 unspecified atom stereocenters. The Morgan fingerprint density at radius 2 is 1.89 bits per heavy atom. The predicted molar refractivity (Wildman–Crippen MR) is 68.3 cm³/mol. The van der Waals surface area contributed by atoms with Gasteiger partial charge in [0.2, 0.25) is 0 Å². The van der Waals surface area contributed by atoms with Crippen LogP contribution in [0, 0.1) is 0 Å². The third-order valence-corrected chi connectivity index (χ3v) is 3.27. The van der Waals surface area contributed by atoms with Crippen LogP contribution in [-0.4, -0.2) is 16.1 Å². The molecule has 18 heavy (non-hydrogen) atoms. The molecule has 7 heteroatoms. The third kappa shape index (κ3) is 3.33. The molecule has 0 aliphatic heterocycles. The van der Waals surface area contributed by atoms with E-state index in [0.29, 0.717) is 29.7 Å². The van der Waals surface area contributed by atoms with E-state index in [0.717, 1.165) is 5.56 Å². The lowest BCUT2D eigenvalue weighted by Gasteiger charge is -2.17. The number of carbonyl (C=O) groups excluding carboxylic acids is 1. The third-order valence-electron chi connectivity index (χ3n) is 2.52. The van der Waals surface area contributed by atoms with E-state index in [9.17, 15) is 9.36 Å². The smallest absolute Gasteiger partial charge is 0.403 e. The Morgan fingerprint density at radius 3 is 2.28 bits per heavy atom. The van der Waals surface area contributed by atoms with Crippen LogP contribution < -0.4 is 4.52 Å². The van der Waals surface area contributed by atoms with Gasteiger partial charge < -0.3 is 4.52 Å². The zero-order valence-corrected chi connectivity index (χ0v) is 11.7. The summed E-state index contributed by atoms with van der Waals surface area (Å²) in [6.07, 6.45) is 1.51. The monoisotopic (exact) mass is 292 g/mol. The van der Waals surface area contributed by atoms with Crippen LogP contribution in [0.25, 0.3) is 0 Å². The Kier molecular flexibility index (Phi) is 4.93. The molecule has 0 amide bonds. The molecule has 0 aromatic heterocycles. The minimum absolute atomic E-state index is 0.0392. The summed E-state index contributed by atoms with van der Waals surface area (Å²) in [6, 6.07) is 1.36. The molecule has 5 nitrogen and oxygen atoms in total. The van der Waals surface area contributed by atoms with Gasteiger partial charge in [0.25, 0.3) is 0 Å². The van der Waals surface area contributed by atoms with Gasteiger partial charge in [-0.15, -0.1) is 0 Å². The normalized spacial score (nSPS) is 11.4. The fourth-order valence-electron chi connectivity index (χ4n) is 1.82. The van der Waals surface area contributed by atoms with Crippen molar-refractivity contribution in [2.24, 2.45) is 0 Å². The second-order valence-corrected chi connectivity index (χ2v) is 5.21. The van der Waals surface area contributed by atoms with Gasteiger partial charge in [-0.1, -0.05) is 25.4 Å². The maximum Gasteiger partial charge on any atom is 0.524 e. The number of rotatable bonds is 5. The van der Waals surface area contributed by atoms with E-state index in [-0.39, 0.29) is 11.3 Å². The van der Waals surface area contributed by atoms with Gasteiger partial charge in [0.1, 0.15) is 5.75 Å². The molecule has 0 fully saturated rings. The molecule has 1 aromatic carbocycles. The molecule has 100 valence electrons. The molecule has 2 N–H and O–H groups in total. The van der Waals surface area contributed by atoms with E-state index in [1.807, 2.05) is 6.92 Å². The lowest BCUT2D eigenvalue weighted by molar-refractivity contribution is 0.112. The molecular weight excluding hydrogens is 279 g/mol. The lowest BCUT2D eigenvalue weighted by atomic mass is 9.98. The van der Waals surface area contributed by atoms with Gasteiger partial charge in [-0.3, -0.25) is 14.6 Å². The Hall–Kier alpha value is -0.870. The lowest BCUT2D eigenvalue weighted by Crippen LogP contribution is -2.03. The van der Waals surface area contributed by atoms with Crippen LogP contribution in [0.2, 0.25) is 5.02 Å². The highest BCUT2D eigenvalue weighted by atomic mass is 35.5. The number of aldehydes is 1. The SMILES string of the molecule is CCc1c(Cl)cc(C=O)c(OP(=O)(O)O)c1CC. The minimum Gasteiger partial charge on any atom is -0.403 e. The molecular formula is C11H14ClO5P. The molecule has 0 atom stereocenters. The molecule has 0 saturated carbocycles. The molecule has 0 bridgehead atoms. The molecule has 0 aliphatic rings. The quantitative estimate of drug-likeness (QED) is 0.644. The summed E-state index contributed by atoms with van der Waals surface area (Å²) in [5, 5.41) is 0.398. The largest absolute Gasteiger partial charge is 0.524 e. The van der Waals surface area contributed by atoms with E-state index < -0.39 is 7.82 Å². The summed E-state index contributed by atoms with van der Waals surface area (Å²) in [5.41, 5.74) is 1.32. The van der Waals surface area contributed by atoms with Crippen LogP contribution in [0.4, 0.5) is 0 Å². The van der Waals surface area contributed by atoms with E-state index in [1.165, 1.54) is 6.07 Å². The first-order valence-electron chi connectivity index (χ1n) is 5.38. The molecule has 1 aromatic rings. The molecule has 0 heterocycles. The van der Waals surface area contributed by atoms with Crippen molar-refractivity contribution in [1.82, 2.24) is 0 Å². The van der Waals surface area contributed by atoms with Crippen molar-refractivity contribution in [3.63, 3.8) is 0 Å². The van der Waals surface area contributed by atoms with Gasteiger partial charge in [-0.05, 0) is 30.0 Å². The van der Waals surface area contributed by atoms with E-state index in [4.69, 9.17) is 21.4 Å². The minimum atomic E-state index is -4.72. The van der Waals surface area contributed by atoms with Gasteiger partial charge >= 0.3 is 7.82 Å². The van der Waals surface area contributed by atoms with Gasteiger partial charge in [0, 0.05) is 5.02 Å². The van der Waals surface area contributed by atoms with Crippen LogP contribution in [0.5, 0.6) is 5.75 Å². The van der Waals surface area contributed by atoms with Crippen molar-refractivity contribution in [3.05, 3.63) is 27.8 Å². The van der Waals surface area contributed by atoms with Crippen molar-refractivity contribution in [1.29, 1.82) is 0 Å². The van der Waals surface area contributed by atoms with Crippen LogP contribution in [0.1, 0.15) is 35.3 Å². The summed E-state index contributed by atoms with van der Waals surface area (Å²) in [5.74, 6) is -0.0814. The van der Waals surface area contributed by atoms with Crippen LogP contribution in [-0.2, 0) is 17.4 Å². The number of phosphoric ester groups is 1. The summed E-state index contributed by atoms with van der Waals surface area (Å²) in [6.45, 7) is 3.66. The first-order chi connectivity index (χ1) is 8.34. The van der Waals surface area contributed by atoms with Crippen molar-refractivity contribution in [2.45, 2.75) is 26.7 Å². The summed E-state index contributed by atoms with van der Waals surface area (Å²) < 4.78 is 15.6. The summed E-state index contributed by atoms with van der Waals surface area (Å²) in [4.78, 5) is 28.7. The number of carbonyl (C=O) groups is 1. The number of halogens is 1. The Balaban J connectivity index is 3.53. The van der Waals surface area contributed by atoms with Crippen LogP contribution in [0.15, 0.2) is 6.07 Å². The van der Waals surface area contributed by atoms with Crippen molar-refractivity contribution in [2.75, 3.05) is 0 Å². The Labute approximate surface area is 110 Å². The molecule has 0 saturated heterocycles. The van der Waals surface area contributed by atoms with Gasteiger partial charge in [0.05, 0.1) is 5.56 Å². The highest BCUT2D eigenvalue weighted by molar-refractivity contribution is 7.46. The maximum absolute atomic E-state index is 10.9. The Morgan fingerprint density at radius 1 is 1.33 bits per heavy atom. The van der Waals surface area contributed by atoms with Gasteiger partial charge in [0.15, 0.2) is 6.29 Å². The second kappa shape index (κ2) is 5.85. The number of hydrogen-bond donors (Lipinski definition) is 2. The van der Waals surface area contributed by atoms with Crippen molar-refractivity contribution < 1.29 is 23.7 Å². The standard InChI is InChI=1S/C11H14ClO5P/c1-3-8-9(4-2)11(17-18(14,15)16)7(6-13)5-10(8)12/h5-6H,3-4H2,1-2H3,(H2,14,15,16). The number of phosphoric acid groups is 1. The fourth-order valence-corrected chi connectivity index (χ4v) is 2.63. The maximum atomic E-state index is 10.9. The van der Waals surface area contributed by atoms with Gasteiger partial charge in [-0.2, -0.15) is 0 Å². The highest BCUT2D eigenvalue weighted by Gasteiger charge is 2.23. The summed E-state index contributed by atoms with van der Waals surface area (Å²) >= 11 is 6.03. The summed E-state index contributed by atoms with van der Waals surface area (Å²) in [7, 11) is -4.72. The molecule has 0 radical (unpaired) electrons. The van der Waals surface area contributed by atoms with E-state index in [2.05, 4.69) is 4.52 Å². The van der Waals surface area contributed by atoms with Crippen molar-refractivity contribution in [3.8, 4) is 5.75 Å². The van der Waals surface area contributed by atoms with Crippen LogP contribution >= 0.6 is 19.4 Å². The molecule has 0 aliphatic carbocycles. The van der Waals surface area contributed by atoms with E-state index in [1.54, 1.807) is 6.92 Å². The second-order valence-electron chi connectivity index (χ2n) is 3.64. The average molecular weight is 293 g/mol. The zero-order chi connectivity index (χ0) is 13.9. The molecule has 0 spiro atoms. The first kappa shape index (κ1) is 15.2. The van der Waals surface area contributed by atoms with E-state index >= 15 is 0 Å². The fraction of sp³-hybridized carbons (Fsp3) is 0.364. The molecule has 1 rings (SSSR count). The zero-order valence-electron chi connectivity index (χ0n) is 10.0. The Bertz CT molecular complexity index is 509. The van der Waals surface area contributed by atoms with Gasteiger partial charge in [-0.25, -0.2) is 4.57 Å². The number of hydrogen-bond acceptors (Lipinski definition) is 3. The highest BCUT2D eigenvalue weighted by Crippen LogP contribution is 2.43. The van der Waals surface area contributed by atoms with Crippen molar-refractivity contribution >= 4 is 25.7 Å². The predicted octanol–water partition coefficient (Wildman–Crippen LogP) is 2.75. The van der Waals surface area contributed by atoms with Crippen LogP contribution in [0.3, 0.4) is 0 Å². The average Bonchev–Trinajstić information content (AvgIpc) is 2.28. The number of benzene rings is 1. The first-order valence-corrected chi connectivity index (χ1v) is 7.29. The topological polar surface area (TPSA) is 83.8 Å².